The van der Waals surface area contributed by atoms with Gasteiger partial charge in [0, 0.05) is 19.2 Å². The number of ether oxygens (including phenoxy) is 1. The largest absolute Gasteiger partial charge is 0.381 e. The van der Waals surface area contributed by atoms with Crippen LogP contribution in [0.1, 0.15) is 36.9 Å². The van der Waals surface area contributed by atoms with Crippen molar-refractivity contribution in [3.63, 3.8) is 0 Å². The van der Waals surface area contributed by atoms with E-state index in [0.717, 1.165) is 12.8 Å². The molecule has 1 N–H and O–H groups in total. The zero-order chi connectivity index (χ0) is 11.5. The van der Waals surface area contributed by atoms with Gasteiger partial charge in [0.05, 0.1) is 6.10 Å². The highest BCUT2D eigenvalue weighted by Gasteiger charge is 2.29. The average molecular weight is 219 g/mol. The number of hydrogen-bond donors (Lipinski definition) is 1. The zero-order valence-corrected chi connectivity index (χ0v) is 10.4. The highest BCUT2D eigenvalue weighted by molar-refractivity contribution is 5.23. The Balaban J connectivity index is 1.84. The molecule has 88 valence electrons. The van der Waals surface area contributed by atoms with Crippen LogP contribution < -0.4 is 5.32 Å². The SMILES string of the molecule is COC1CC(NC(C)c2ccc(C)cc2)C1. The Morgan fingerprint density at radius 1 is 1.25 bits per heavy atom. The maximum Gasteiger partial charge on any atom is 0.0601 e. The molecule has 0 aliphatic heterocycles. The fourth-order valence-corrected chi connectivity index (χ4v) is 2.20. The summed E-state index contributed by atoms with van der Waals surface area (Å²) in [4.78, 5) is 0. The van der Waals surface area contributed by atoms with E-state index in [1.54, 1.807) is 7.11 Å². The van der Waals surface area contributed by atoms with Crippen LogP contribution in [0.25, 0.3) is 0 Å². The van der Waals surface area contributed by atoms with Gasteiger partial charge in [0.2, 0.25) is 0 Å². The standard InChI is InChI=1S/C14H21NO/c1-10-4-6-12(7-5-10)11(2)15-13-8-14(9-13)16-3/h4-7,11,13-15H,8-9H2,1-3H3. The van der Waals surface area contributed by atoms with Gasteiger partial charge in [-0.2, -0.15) is 0 Å². The van der Waals surface area contributed by atoms with Crippen molar-refractivity contribution in [1.29, 1.82) is 0 Å². The van der Waals surface area contributed by atoms with E-state index >= 15 is 0 Å². The molecule has 0 amide bonds. The first-order valence-corrected chi connectivity index (χ1v) is 6.04. The topological polar surface area (TPSA) is 21.3 Å². The highest BCUT2D eigenvalue weighted by Crippen LogP contribution is 2.25. The van der Waals surface area contributed by atoms with Crippen LogP contribution >= 0.6 is 0 Å². The van der Waals surface area contributed by atoms with Gasteiger partial charge in [-0.15, -0.1) is 0 Å². The normalized spacial score (nSPS) is 26.2. The molecule has 0 aromatic heterocycles. The van der Waals surface area contributed by atoms with Crippen molar-refractivity contribution in [3.05, 3.63) is 35.4 Å². The third-order valence-corrected chi connectivity index (χ3v) is 3.49. The van der Waals surface area contributed by atoms with E-state index in [1.165, 1.54) is 11.1 Å². The summed E-state index contributed by atoms with van der Waals surface area (Å²) in [5.74, 6) is 0. The van der Waals surface area contributed by atoms with Gasteiger partial charge in [-0.25, -0.2) is 0 Å². The molecule has 0 spiro atoms. The Kier molecular flexibility index (Phi) is 3.62. The van der Waals surface area contributed by atoms with Crippen LogP contribution in [0.15, 0.2) is 24.3 Å². The molecule has 1 fully saturated rings. The molecule has 1 aromatic rings. The second kappa shape index (κ2) is 4.98. The maximum absolute atomic E-state index is 5.28. The van der Waals surface area contributed by atoms with E-state index in [0.29, 0.717) is 18.2 Å². The van der Waals surface area contributed by atoms with Gasteiger partial charge in [0.1, 0.15) is 0 Å². The maximum atomic E-state index is 5.28. The van der Waals surface area contributed by atoms with Crippen molar-refractivity contribution < 1.29 is 4.74 Å². The van der Waals surface area contributed by atoms with Crippen molar-refractivity contribution in [2.75, 3.05) is 7.11 Å². The lowest BCUT2D eigenvalue weighted by Crippen LogP contribution is -2.45. The smallest absolute Gasteiger partial charge is 0.0601 e. The number of methoxy groups -OCH3 is 1. The van der Waals surface area contributed by atoms with Gasteiger partial charge in [-0.05, 0) is 32.3 Å². The summed E-state index contributed by atoms with van der Waals surface area (Å²) in [7, 11) is 1.80. The molecule has 0 bridgehead atoms. The van der Waals surface area contributed by atoms with Crippen molar-refractivity contribution in [3.8, 4) is 0 Å². The molecular formula is C14H21NO. The van der Waals surface area contributed by atoms with Crippen molar-refractivity contribution in [2.45, 2.75) is 44.9 Å². The minimum Gasteiger partial charge on any atom is -0.381 e. The molecule has 1 unspecified atom stereocenters. The molecule has 1 aromatic carbocycles. The van der Waals surface area contributed by atoms with Gasteiger partial charge in [-0.1, -0.05) is 29.8 Å². The third-order valence-electron chi connectivity index (χ3n) is 3.49. The Morgan fingerprint density at radius 2 is 1.88 bits per heavy atom. The summed E-state index contributed by atoms with van der Waals surface area (Å²) in [5, 5.41) is 3.64. The van der Waals surface area contributed by atoms with E-state index in [1.807, 2.05) is 0 Å². The molecule has 16 heavy (non-hydrogen) atoms. The van der Waals surface area contributed by atoms with Crippen molar-refractivity contribution in [2.24, 2.45) is 0 Å². The van der Waals surface area contributed by atoms with Gasteiger partial charge in [0.25, 0.3) is 0 Å². The van der Waals surface area contributed by atoms with Crippen LogP contribution in [0.4, 0.5) is 0 Å². The molecule has 2 rings (SSSR count). The Morgan fingerprint density at radius 3 is 2.44 bits per heavy atom. The van der Waals surface area contributed by atoms with Crippen LogP contribution in [-0.2, 0) is 4.74 Å². The Labute approximate surface area is 98.0 Å². The summed E-state index contributed by atoms with van der Waals surface area (Å²) in [6.07, 6.45) is 2.77. The molecule has 2 heteroatoms. The van der Waals surface area contributed by atoms with Crippen LogP contribution in [0.2, 0.25) is 0 Å². The molecule has 1 aliphatic carbocycles. The summed E-state index contributed by atoms with van der Waals surface area (Å²) in [6, 6.07) is 9.82. The van der Waals surface area contributed by atoms with E-state index < -0.39 is 0 Å². The lowest BCUT2D eigenvalue weighted by atomic mass is 9.88. The summed E-state index contributed by atoms with van der Waals surface area (Å²) >= 11 is 0. The molecule has 0 saturated heterocycles. The second-order valence-corrected chi connectivity index (χ2v) is 4.83. The summed E-state index contributed by atoms with van der Waals surface area (Å²) < 4.78 is 5.28. The van der Waals surface area contributed by atoms with E-state index in [-0.39, 0.29) is 0 Å². The Hall–Kier alpha value is -0.860. The van der Waals surface area contributed by atoms with E-state index in [2.05, 4.69) is 43.4 Å². The first kappa shape index (κ1) is 11.6. The number of rotatable bonds is 4. The van der Waals surface area contributed by atoms with Gasteiger partial charge in [-0.3, -0.25) is 0 Å². The predicted molar refractivity (Wildman–Crippen MR) is 66.5 cm³/mol. The van der Waals surface area contributed by atoms with Crippen LogP contribution in [0.3, 0.4) is 0 Å². The number of nitrogens with one attached hydrogen (secondary N) is 1. The van der Waals surface area contributed by atoms with E-state index in [4.69, 9.17) is 4.74 Å². The zero-order valence-electron chi connectivity index (χ0n) is 10.4. The minimum absolute atomic E-state index is 0.434. The van der Waals surface area contributed by atoms with E-state index in [9.17, 15) is 0 Å². The second-order valence-electron chi connectivity index (χ2n) is 4.83. The summed E-state index contributed by atoms with van der Waals surface area (Å²) in [5.41, 5.74) is 2.69. The highest BCUT2D eigenvalue weighted by atomic mass is 16.5. The lowest BCUT2D eigenvalue weighted by Gasteiger charge is -2.36. The van der Waals surface area contributed by atoms with Crippen LogP contribution in [0, 0.1) is 6.92 Å². The number of hydrogen-bond acceptors (Lipinski definition) is 2. The number of aryl methyl sites for hydroxylation is 1. The average Bonchev–Trinajstić information content (AvgIpc) is 2.23. The van der Waals surface area contributed by atoms with Gasteiger partial charge < -0.3 is 10.1 Å². The predicted octanol–water partition coefficient (Wildman–Crippen LogP) is 2.82. The molecule has 1 atom stereocenters. The van der Waals surface area contributed by atoms with Crippen molar-refractivity contribution >= 4 is 0 Å². The first-order valence-electron chi connectivity index (χ1n) is 6.04. The molecule has 0 radical (unpaired) electrons. The minimum atomic E-state index is 0.434. The molecule has 2 nitrogen and oxygen atoms in total. The monoisotopic (exact) mass is 219 g/mol. The Bertz CT molecular complexity index is 327. The molecular weight excluding hydrogens is 198 g/mol. The molecule has 1 saturated carbocycles. The molecule has 1 aliphatic rings. The fourth-order valence-electron chi connectivity index (χ4n) is 2.20. The van der Waals surface area contributed by atoms with Gasteiger partial charge in [0.15, 0.2) is 0 Å². The quantitative estimate of drug-likeness (QED) is 0.840. The van der Waals surface area contributed by atoms with Crippen molar-refractivity contribution in [1.82, 2.24) is 5.32 Å². The first-order chi connectivity index (χ1) is 7.69. The fraction of sp³-hybridized carbons (Fsp3) is 0.571. The van der Waals surface area contributed by atoms with Gasteiger partial charge >= 0.3 is 0 Å². The molecule has 0 heterocycles. The van der Waals surface area contributed by atoms with Crippen LogP contribution in [0.5, 0.6) is 0 Å². The lowest BCUT2D eigenvalue weighted by molar-refractivity contribution is 0.0147. The number of benzene rings is 1. The summed E-state index contributed by atoms with van der Waals surface area (Å²) in [6.45, 7) is 4.35. The van der Waals surface area contributed by atoms with Crippen LogP contribution in [-0.4, -0.2) is 19.3 Å². The third kappa shape index (κ3) is 2.63.